The molecule has 0 spiro atoms. The van der Waals surface area contributed by atoms with Crippen LogP contribution in [0.15, 0.2) is 16.8 Å². The summed E-state index contributed by atoms with van der Waals surface area (Å²) in [6.45, 7) is 1.38. The number of thiophene rings is 1. The number of carboxylic acids is 1. The fourth-order valence-corrected chi connectivity index (χ4v) is 1.86. The molecule has 1 heterocycles. The Balaban J connectivity index is 2.71. The second-order valence-electron chi connectivity index (χ2n) is 2.91. The molecule has 0 fully saturated rings. The zero-order chi connectivity index (χ0) is 10.6. The molecule has 0 aliphatic carbocycles. The lowest BCUT2D eigenvalue weighted by Crippen LogP contribution is -2.27. The molecule has 0 saturated heterocycles. The molecule has 5 heteroatoms. The van der Waals surface area contributed by atoms with E-state index in [1.165, 1.54) is 18.3 Å². The van der Waals surface area contributed by atoms with Gasteiger partial charge in [-0.15, -0.1) is 0 Å². The van der Waals surface area contributed by atoms with Crippen LogP contribution in [0.4, 0.5) is 0 Å². The number of nitrogens with one attached hydrogen (secondary N) is 1. The summed E-state index contributed by atoms with van der Waals surface area (Å²) in [5.74, 6) is -1.14. The maximum atomic E-state index is 10.8. The van der Waals surface area contributed by atoms with E-state index >= 15 is 0 Å². The number of hydrogen-bond acceptors (Lipinski definition) is 3. The minimum atomic E-state index is -0.921. The molecule has 4 nitrogen and oxygen atoms in total. The molecule has 1 amide bonds. The zero-order valence-corrected chi connectivity index (χ0v) is 8.50. The molecular weight excluding hydrogens is 202 g/mol. The van der Waals surface area contributed by atoms with Gasteiger partial charge in [-0.25, -0.2) is 0 Å². The Morgan fingerprint density at radius 3 is 2.79 bits per heavy atom. The number of aliphatic carboxylic acids is 1. The molecule has 1 aromatic rings. The number of carbonyl (C=O) groups is 2. The highest BCUT2D eigenvalue weighted by Gasteiger charge is 2.16. The molecular formula is C9H11NO3S. The van der Waals surface area contributed by atoms with Crippen LogP contribution in [0.3, 0.4) is 0 Å². The minimum Gasteiger partial charge on any atom is -0.481 e. The van der Waals surface area contributed by atoms with Crippen molar-refractivity contribution in [3.05, 3.63) is 22.4 Å². The summed E-state index contributed by atoms with van der Waals surface area (Å²) in [7, 11) is 0. The molecule has 1 aromatic heterocycles. The average Bonchev–Trinajstić information content (AvgIpc) is 2.52. The van der Waals surface area contributed by atoms with Crippen LogP contribution in [0.2, 0.25) is 0 Å². The molecule has 14 heavy (non-hydrogen) atoms. The van der Waals surface area contributed by atoms with Crippen LogP contribution in [0, 0.1) is 0 Å². The Bertz CT molecular complexity index is 305. The van der Waals surface area contributed by atoms with Gasteiger partial charge in [-0.3, -0.25) is 9.59 Å². The quantitative estimate of drug-likeness (QED) is 0.794. The topological polar surface area (TPSA) is 66.4 Å². The van der Waals surface area contributed by atoms with Gasteiger partial charge in [0.15, 0.2) is 0 Å². The van der Waals surface area contributed by atoms with Crippen molar-refractivity contribution in [1.82, 2.24) is 5.32 Å². The lowest BCUT2D eigenvalue weighted by atomic mass is 10.1. The summed E-state index contributed by atoms with van der Waals surface area (Å²) >= 11 is 1.48. The molecule has 0 aromatic carbocycles. The summed E-state index contributed by atoms with van der Waals surface area (Å²) < 4.78 is 0. The predicted molar refractivity (Wildman–Crippen MR) is 53.1 cm³/mol. The third-order valence-corrected chi connectivity index (χ3v) is 2.40. The van der Waals surface area contributed by atoms with Crippen molar-refractivity contribution in [1.29, 1.82) is 0 Å². The highest BCUT2D eigenvalue weighted by molar-refractivity contribution is 7.07. The molecule has 0 bridgehead atoms. The lowest BCUT2D eigenvalue weighted by molar-refractivity contribution is -0.137. The van der Waals surface area contributed by atoms with Crippen molar-refractivity contribution >= 4 is 23.2 Å². The van der Waals surface area contributed by atoms with E-state index in [2.05, 4.69) is 5.32 Å². The van der Waals surface area contributed by atoms with Crippen molar-refractivity contribution in [3.63, 3.8) is 0 Å². The fraction of sp³-hybridized carbons (Fsp3) is 0.333. The van der Waals surface area contributed by atoms with E-state index in [1.807, 2.05) is 16.8 Å². The van der Waals surface area contributed by atoms with E-state index in [0.29, 0.717) is 0 Å². The number of carbonyl (C=O) groups excluding carboxylic acids is 1. The van der Waals surface area contributed by atoms with E-state index in [-0.39, 0.29) is 12.3 Å². The van der Waals surface area contributed by atoms with Crippen LogP contribution in [-0.2, 0) is 9.59 Å². The molecule has 76 valence electrons. The van der Waals surface area contributed by atoms with Gasteiger partial charge in [0.2, 0.25) is 5.91 Å². The van der Waals surface area contributed by atoms with Crippen molar-refractivity contribution in [2.75, 3.05) is 0 Å². The summed E-state index contributed by atoms with van der Waals surface area (Å²) in [5.41, 5.74) is 0.840. The van der Waals surface area contributed by atoms with Gasteiger partial charge in [0.05, 0.1) is 12.5 Å². The average molecular weight is 213 g/mol. The maximum absolute atomic E-state index is 10.8. The second-order valence-corrected chi connectivity index (χ2v) is 3.69. The van der Waals surface area contributed by atoms with Gasteiger partial charge in [-0.05, 0) is 22.4 Å². The van der Waals surface area contributed by atoms with E-state index in [1.54, 1.807) is 0 Å². The van der Waals surface area contributed by atoms with Crippen molar-refractivity contribution < 1.29 is 14.7 Å². The highest BCUT2D eigenvalue weighted by atomic mass is 32.1. The van der Waals surface area contributed by atoms with Gasteiger partial charge in [0.1, 0.15) is 0 Å². The number of amides is 1. The van der Waals surface area contributed by atoms with Crippen molar-refractivity contribution in [3.8, 4) is 0 Å². The van der Waals surface area contributed by atoms with E-state index in [9.17, 15) is 9.59 Å². The molecule has 0 radical (unpaired) electrons. The Hall–Kier alpha value is -1.36. The van der Waals surface area contributed by atoms with Gasteiger partial charge in [-0.1, -0.05) is 0 Å². The minimum absolute atomic E-state index is 0.0870. The molecule has 1 atom stereocenters. The van der Waals surface area contributed by atoms with Crippen LogP contribution >= 0.6 is 11.3 Å². The van der Waals surface area contributed by atoms with Crippen LogP contribution in [0.5, 0.6) is 0 Å². The van der Waals surface area contributed by atoms with Gasteiger partial charge >= 0.3 is 5.97 Å². The maximum Gasteiger partial charge on any atom is 0.305 e. The van der Waals surface area contributed by atoms with Crippen LogP contribution < -0.4 is 5.32 Å². The first-order valence-corrected chi connectivity index (χ1v) is 5.05. The summed E-state index contributed by atoms with van der Waals surface area (Å²) in [5, 5.41) is 14.9. The SMILES string of the molecule is CC(=O)N[C@H](CC(=O)O)c1ccsc1. The van der Waals surface area contributed by atoms with E-state index in [4.69, 9.17) is 5.11 Å². The summed E-state index contributed by atoms with van der Waals surface area (Å²) in [6.07, 6.45) is -0.0870. The van der Waals surface area contributed by atoms with Gasteiger partial charge < -0.3 is 10.4 Å². The molecule has 0 aliphatic rings. The zero-order valence-electron chi connectivity index (χ0n) is 7.69. The van der Waals surface area contributed by atoms with Crippen LogP contribution in [0.1, 0.15) is 24.9 Å². The largest absolute Gasteiger partial charge is 0.481 e. The first kappa shape index (κ1) is 10.7. The number of hydrogen-bond donors (Lipinski definition) is 2. The van der Waals surface area contributed by atoms with Crippen molar-refractivity contribution in [2.24, 2.45) is 0 Å². The summed E-state index contributed by atoms with van der Waals surface area (Å²) in [4.78, 5) is 21.4. The third-order valence-electron chi connectivity index (χ3n) is 1.70. The van der Waals surface area contributed by atoms with Crippen LogP contribution in [0.25, 0.3) is 0 Å². The Morgan fingerprint density at radius 1 is 1.64 bits per heavy atom. The Morgan fingerprint density at radius 2 is 2.36 bits per heavy atom. The standard InChI is InChI=1S/C9H11NO3S/c1-6(11)10-8(4-9(12)13)7-2-3-14-5-7/h2-3,5,8H,4H2,1H3,(H,10,11)(H,12,13)/t8-/m1/s1. The van der Waals surface area contributed by atoms with Gasteiger partial charge in [0.25, 0.3) is 0 Å². The summed E-state index contributed by atoms with van der Waals surface area (Å²) in [6, 6.07) is 1.39. The second kappa shape index (κ2) is 4.76. The van der Waals surface area contributed by atoms with E-state index < -0.39 is 12.0 Å². The molecule has 0 unspecified atom stereocenters. The Labute approximate surface area is 85.6 Å². The molecule has 1 rings (SSSR count). The molecule has 2 N–H and O–H groups in total. The highest BCUT2D eigenvalue weighted by Crippen LogP contribution is 2.19. The fourth-order valence-electron chi connectivity index (χ4n) is 1.15. The Kier molecular flexibility index (Phi) is 3.64. The number of rotatable bonds is 4. The van der Waals surface area contributed by atoms with Gasteiger partial charge in [-0.2, -0.15) is 11.3 Å². The lowest BCUT2D eigenvalue weighted by Gasteiger charge is -2.13. The van der Waals surface area contributed by atoms with Crippen molar-refractivity contribution in [2.45, 2.75) is 19.4 Å². The van der Waals surface area contributed by atoms with Gasteiger partial charge in [0, 0.05) is 6.92 Å². The molecule has 0 saturated carbocycles. The molecule has 0 aliphatic heterocycles. The normalized spacial score (nSPS) is 12.1. The number of carboxylic acid groups (broad SMARTS) is 1. The predicted octanol–water partition coefficient (Wildman–Crippen LogP) is 1.40. The van der Waals surface area contributed by atoms with Crippen LogP contribution in [-0.4, -0.2) is 17.0 Å². The van der Waals surface area contributed by atoms with E-state index in [0.717, 1.165) is 5.56 Å². The third kappa shape index (κ3) is 3.18. The first-order valence-electron chi connectivity index (χ1n) is 4.10. The smallest absolute Gasteiger partial charge is 0.305 e. The first-order chi connectivity index (χ1) is 6.59. The monoisotopic (exact) mass is 213 g/mol.